The lowest BCUT2D eigenvalue weighted by Gasteiger charge is -2.14. The average molecular weight is 237 g/mol. The van der Waals surface area contributed by atoms with Gasteiger partial charge in [0.2, 0.25) is 0 Å². The fourth-order valence-electron chi connectivity index (χ4n) is 1.83. The topological polar surface area (TPSA) is 21.3 Å². The number of thioether (sulfide) groups is 1. The van der Waals surface area contributed by atoms with Crippen molar-refractivity contribution in [3.05, 3.63) is 24.3 Å². The third kappa shape index (κ3) is 3.16. The summed E-state index contributed by atoms with van der Waals surface area (Å²) in [7, 11) is 3.78. The summed E-state index contributed by atoms with van der Waals surface area (Å²) in [6.45, 7) is 0. The molecular formula is C13H19NOS. The fraction of sp³-hybridized carbons (Fsp3) is 0.538. The molecule has 0 radical (unpaired) electrons. The predicted octanol–water partition coefficient (Wildman–Crippen LogP) is 2.79. The molecule has 0 heterocycles. The van der Waals surface area contributed by atoms with Gasteiger partial charge in [0.1, 0.15) is 5.75 Å². The zero-order valence-corrected chi connectivity index (χ0v) is 10.7. The minimum absolute atomic E-state index is 0.663. The van der Waals surface area contributed by atoms with Crippen molar-refractivity contribution in [1.29, 1.82) is 0 Å². The predicted molar refractivity (Wildman–Crippen MR) is 69.3 cm³/mol. The molecule has 0 aliphatic heterocycles. The van der Waals surface area contributed by atoms with Crippen molar-refractivity contribution in [3.63, 3.8) is 0 Å². The van der Waals surface area contributed by atoms with Gasteiger partial charge in [0, 0.05) is 16.7 Å². The van der Waals surface area contributed by atoms with Crippen LogP contribution in [0.3, 0.4) is 0 Å². The van der Waals surface area contributed by atoms with E-state index >= 15 is 0 Å². The molecule has 0 spiro atoms. The van der Waals surface area contributed by atoms with E-state index in [9.17, 15) is 0 Å². The standard InChI is InChI=1S/C13H19NOS/c1-14-13(10-6-7-10)9-16-12-5-3-4-11(8-12)15-2/h3-5,8,10,13-14H,6-7,9H2,1-2H3. The lowest BCUT2D eigenvalue weighted by molar-refractivity contribution is 0.413. The maximum Gasteiger partial charge on any atom is 0.119 e. The number of methoxy groups -OCH3 is 1. The molecule has 1 aliphatic carbocycles. The smallest absolute Gasteiger partial charge is 0.119 e. The number of benzene rings is 1. The van der Waals surface area contributed by atoms with Crippen molar-refractivity contribution in [1.82, 2.24) is 5.32 Å². The van der Waals surface area contributed by atoms with Crippen LogP contribution in [-0.4, -0.2) is 26.0 Å². The van der Waals surface area contributed by atoms with Crippen LogP contribution in [0.2, 0.25) is 0 Å². The first-order valence-electron chi connectivity index (χ1n) is 5.77. The first-order valence-corrected chi connectivity index (χ1v) is 6.76. The Morgan fingerprint density at radius 3 is 2.94 bits per heavy atom. The van der Waals surface area contributed by atoms with E-state index in [-0.39, 0.29) is 0 Å². The summed E-state index contributed by atoms with van der Waals surface area (Å²) < 4.78 is 5.22. The molecule has 1 aliphatic rings. The van der Waals surface area contributed by atoms with E-state index in [2.05, 4.69) is 24.5 Å². The van der Waals surface area contributed by atoms with Crippen molar-refractivity contribution in [2.75, 3.05) is 19.9 Å². The number of hydrogen-bond donors (Lipinski definition) is 1. The van der Waals surface area contributed by atoms with Crippen LogP contribution in [0.1, 0.15) is 12.8 Å². The molecule has 16 heavy (non-hydrogen) atoms. The quantitative estimate of drug-likeness (QED) is 0.769. The molecular weight excluding hydrogens is 218 g/mol. The summed E-state index contributed by atoms with van der Waals surface area (Å²) in [5.74, 6) is 2.99. The van der Waals surface area contributed by atoms with E-state index in [4.69, 9.17) is 4.74 Å². The Bertz CT molecular complexity index is 338. The molecule has 1 atom stereocenters. The van der Waals surface area contributed by atoms with Crippen LogP contribution in [0.5, 0.6) is 5.75 Å². The maximum atomic E-state index is 5.22. The van der Waals surface area contributed by atoms with Crippen molar-refractivity contribution >= 4 is 11.8 Å². The highest BCUT2D eigenvalue weighted by molar-refractivity contribution is 7.99. The molecule has 3 heteroatoms. The van der Waals surface area contributed by atoms with E-state index in [1.54, 1.807) is 7.11 Å². The van der Waals surface area contributed by atoms with Crippen molar-refractivity contribution < 1.29 is 4.74 Å². The van der Waals surface area contributed by atoms with Gasteiger partial charge in [0.05, 0.1) is 7.11 Å². The molecule has 1 fully saturated rings. The first kappa shape index (κ1) is 11.8. The Hall–Kier alpha value is -0.670. The van der Waals surface area contributed by atoms with Gasteiger partial charge < -0.3 is 10.1 Å². The van der Waals surface area contributed by atoms with Crippen LogP contribution in [-0.2, 0) is 0 Å². The first-order chi connectivity index (χ1) is 7.83. The lowest BCUT2D eigenvalue weighted by Crippen LogP contribution is -2.29. The summed E-state index contributed by atoms with van der Waals surface area (Å²) in [5, 5.41) is 3.41. The molecule has 1 aromatic carbocycles. The molecule has 0 bridgehead atoms. The zero-order valence-electron chi connectivity index (χ0n) is 9.90. The fourth-order valence-corrected chi connectivity index (χ4v) is 3.02. The molecule has 1 unspecified atom stereocenters. The van der Waals surface area contributed by atoms with Gasteiger partial charge in [-0.2, -0.15) is 0 Å². The Balaban J connectivity index is 1.87. The lowest BCUT2D eigenvalue weighted by atomic mass is 10.2. The van der Waals surface area contributed by atoms with Gasteiger partial charge in [-0.15, -0.1) is 11.8 Å². The molecule has 0 amide bonds. The third-order valence-electron chi connectivity index (χ3n) is 3.03. The Morgan fingerprint density at radius 1 is 1.50 bits per heavy atom. The molecule has 1 N–H and O–H groups in total. The van der Waals surface area contributed by atoms with Crippen molar-refractivity contribution in [2.24, 2.45) is 5.92 Å². The summed E-state index contributed by atoms with van der Waals surface area (Å²) in [6, 6.07) is 8.95. The molecule has 0 aromatic heterocycles. The van der Waals surface area contributed by atoms with E-state index in [1.807, 2.05) is 23.9 Å². The minimum Gasteiger partial charge on any atom is -0.497 e. The second-order valence-corrected chi connectivity index (χ2v) is 5.32. The van der Waals surface area contributed by atoms with Crippen LogP contribution < -0.4 is 10.1 Å². The third-order valence-corrected chi connectivity index (χ3v) is 4.15. The SMILES string of the molecule is CNC(CSc1cccc(OC)c1)C1CC1. The number of rotatable bonds is 6. The van der Waals surface area contributed by atoms with Gasteiger partial charge in [-0.3, -0.25) is 0 Å². The monoisotopic (exact) mass is 237 g/mol. The molecule has 1 saturated carbocycles. The molecule has 0 saturated heterocycles. The van der Waals surface area contributed by atoms with Gasteiger partial charge in [0.25, 0.3) is 0 Å². The largest absolute Gasteiger partial charge is 0.497 e. The summed E-state index contributed by atoms with van der Waals surface area (Å²) in [6.07, 6.45) is 2.79. The van der Waals surface area contributed by atoms with Crippen LogP contribution >= 0.6 is 11.8 Å². The van der Waals surface area contributed by atoms with E-state index in [0.29, 0.717) is 6.04 Å². The molecule has 1 aromatic rings. The average Bonchev–Trinajstić information content (AvgIpc) is 3.15. The summed E-state index contributed by atoms with van der Waals surface area (Å²) in [5.41, 5.74) is 0. The molecule has 88 valence electrons. The second kappa shape index (κ2) is 5.60. The Labute approximate surface area is 102 Å². The normalized spacial score (nSPS) is 17.1. The highest BCUT2D eigenvalue weighted by Crippen LogP contribution is 2.35. The van der Waals surface area contributed by atoms with Gasteiger partial charge in [-0.05, 0) is 44.0 Å². The molecule has 2 rings (SSSR count). The van der Waals surface area contributed by atoms with Crippen molar-refractivity contribution in [2.45, 2.75) is 23.8 Å². The minimum atomic E-state index is 0.663. The summed E-state index contributed by atoms with van der Waals surface area (Å²) >= 11 is 1.91. The number of nitrogens with one attached hydrogen (secondary N) is 1. The Kier molecular flexibility index (Phi) is 4.13. The van der Waals surface area contributed by atoms with E-state index in [0.717, 1.165) is 17.4 Å². The zero-order chi connectivity index (χ0) is 11.4. The van der Waals surface area contributed by atoms with Gasteiger partial charge >= 0.3 is 0 Å². The second-order valence-electron chi connectivity index (χ2n) is 4.22. The summed E-state index contributed by atoms with van der Waals surface area (Å²) in [4.78, 5) is 1.29. The van der Waals surface area contributed by atoms with Gasteiger partial charge in [-0.1, -0.05) is 6.07 Å². The Morgan fingerprint density at radius 2 is 2.31 bits per heavy atom. The van der Waals surface area contributed by atoms with Gasteiger partial charge in [0.15, 0.2) is 0 Å². The number of ether oxygens (including phenoxy) is 1. The van der Waals surface area contributed by atoms with Crippen LogP contribution in [0.25, 0.3) is 0 Å². The molecule has 2 nitrogen and oxygen atoms in total. The highest BCUT2D eigenvalue weighted by Gasteiger charge is 2.29. The van der Waals surface area contributed by atoms with Crippen molar-refractivity contribution in [3.8, 4) is 5.75 Å². The van der Waals surface area contributed by atoms with Crippen LogP contribution in [0.4, 0.5) is 0 Å². The van der Waals surface area contributed by atoms with E-state index in [1.165, 1.54) is 17.7 Å². The van der Waals surface area contributed by atoms with Gasteiger partial charge in [-0.25, -0.2) is 0 Å². The van der Waals surface area contributed by atoms with Crippen LogP contribution in [0.15, 0.2) is 29.2 Å². The van der Waals surface area contributed by atoms with E-state index < -0.39 is 0 Å². The highest BCUT2D eigenvalue weighted by atomic mass is 32.2. The number of hydrogen-bond acceptors (Lipinski definition) is 3. The van der Waals surface area contributed by atoms with Crippen LogP contribution in [0, 0.1) is 5.92 Å². The maximum absolute atomic E-state index is 5.22.